The van der Waals surface area contributed by atoms with Crippen LogP contribution in [0.15, 0.2) is 24.4 Å². The molecule has 1 amide bonds. The van der Waals surface area contributed by atoms with E-state index in [9.17, 15) is 4.79 Å². The number of benzene rings is 1. The van der Waals surface area contributed by atoms with E-state index in [1.54, 1.807) is 11.6 Å². The summed E-state index contributed by atoms with van der Waals surface area (Å²) in [5.41, 5.74) is 5.00. The molecule has 1 heterocycles. The van der Waals surface area contributed by atoms with Crippen molar-refractivity contribution in [3.05, 3.63) is 46.2 Å². The first-order valence-corrected chi connectivity index (χ1v) is 5.75. The first-order chi connectivity index (χ1) is 8.56. The summed E-state index contributed by atoms with van der Waals surface area (Å²) in [6.07, 6.45) is 1.48. The molecule has 3 N–H and O–H groups in total. The Morgan fingerprint density at radius 3 is 2.83 bits per heavy atom. The van der Waals surface area contributed by atoms with Crippen LogP contribution < -0.4 is 11.3 Å². The quantitative estimate of drug-likeness (QED) is 0.493. The minimum absolute atomic E-state index is 0.363. The van der Waals surface area contributed by atoms with E-state index in [-0.39, 0.29) is 5.91 Å². The molecule has 0 atom stereocenters. The second-order valence-electron chi connectivity index (χ2n) is 3.91. The topological polar surface area (TPSA) is 72.9 Å². The number of hydrogen-bond donors (Lipinski definition) is 2. The van der Waals surface area contributed by atoms with E-state index in [0.29, 0.717) is 16.3 Å². The molecule has 1 aromatic heterocycles. The first-order valence-electron chi connectivity index (χ1n) is 5.37. The fraction of sp³-hybridized carbons (Fsp3) is 0.167. The van der Waals surface area contributed by atoms with Crippen molar-refractivity contribution in [3.63, 3.8) is 0 Å². The maximum Gasteiger partial charge on any atom is 0.268 e. The predicted octanol–water partition coefficient (Wildman–Crippen LogP) is 1.75. The number of rotatable bonds is 2. The van der Waals surface area contributed by atoms with Crippen LogP contribution in [-0.2, 0) is 0 Å². The van der Waals surface area contributed by atoms with E-state index in [0.717, 1.165) is 11.3 Å². The molecule has 0 spiro atoms. The molecule has 6 heteroatoms. The lowest BCUT2D eigenvalue weighted by molar-refractivity contribution is 0.0953. The molecule has 0 aliphatic heterocycles. The Morgan fingerprint density at radius 1 is 1.44 bits per heavy atom. The van der Waals surface area contributed by atoms with Crippen LogP contribution >= 0.6 is 11.6 Å². The second kappa shape index (κ2) is 4.80. The van der Waals surface area contributed by atoms with E-state index in [2.05, 4.69) is 10.5 Å². The number of nitrogens with one attached hydrogen (secondary N) is 1. The lowest BCUT2D eigenvalue weighted by Gasteiger charge is -2.09. The molecule has 0 saturated heterocycles. The molecule has 5 nitrogen and oxygen atoms in total. The number of halogens is 1. The summed E-state index contributed by atoms with van der Waals surface area (Å²) in [5.74, 6) is 4.75. The Kier molecular flexibility index (Phi) is 3.36. The minimum Gasteiger partial charge on any atom is -0.290 e. The number of hydrazine groups is 1. The zero-order valence-corrected chi connectivity index (χ0v) is 10.8. The van der Waals surface area contributed by atoms with Crippen LogP contribution in [0.5, 0.6) is 0 Å². The van der Waals surface area contributed by atoms with Crippen LogP contribution in [0.2, 0.25) is 5.02 Å². The third-order valence-corrected chi connectivity index (χ3v) is 3.26. The zero-order chi connectivity index (χ0) is 13.3. The molecule has 94 valence electrons. The lowest BCUT2D eigenvalue weighted by Crippen LogP contribution is -2.30. The van der Waals surface area contributed by atoms with Gasteiger partial charge in [-0.15, -0.1) is 0 Å². The van der Waals surface area contributed by atoms with Gasteiger partial charge in [-0.3, -0.25) is 10.2 Å². The van der Waals surface area contributed by atoms with E-state index in [1.807, 2.05) is 25.1 Å². The van der Waals surface area contributed by atoms with Crippen LogP contribution in [0.1, 0.15) is 21.6 Å². The molecular formula is C12H13ClN4O. The molecule has 0 aliphatic rings. The Labute approximate surface area is 110 Å². The van der Waals surface area contributed by atoms with Gasteiger partial charge in [0.1, 0.15) is 0 Å². The van der Waals surface area contributed by atoms with Crippen LogP contribution in [0.25, 0.3) is 5.69 Å². The van der Waals surface area contributed by atoms with Crippen molar-refractivity contribution in [2.45, 2.75) is 13.8 Å². The summed E-state index contributed by atoms with van der Waals surface area (Å²) in [5, 5.41) is 4.86. The van der Waals surface area contributed by atoms with E-state index in [1.165, 1.54) is 6.20 Å². The Hall–Kier alpha value is -1.85. The maximum atomic E-state index is 11.5. The van der Waals surface area contributed by atoms with Crippen molar-refractivity contribution >= 4 is 17.5 Å². The third kappa shape index (κ3) is 1.98. The predicted molar refractivity (Wildman–Crippen MR) is 69.7 cm³/mol. The number of nitrogens with zero attached hydrogens (tertiary/aromatic N) is 2. The van der Waals surface area contributed by atoms with Gasteiger partial charge in [-0.25, -0.2) is 10.5 Å². The van der Waals surface area contributed by atoms with E-state index in [4.69, 9.17) is 17.4 Å². The summed E-state index contributed by atoms with van der Waals surface area (Å²) in [4.78, 5) is 11.5. The number of carbonyl (C=O) groups excluding carboxylic acids is 1. The van der Waals surface area contributed by atoms with Gasteiger partial charge in [0.2, 0.25) is 0 Å². The van der Waals surface area contributed by atoms with Crippen LogP contribution in [0, 0.1) is 13.8 Å². The molecule has 0 unspecified atom stereocenters. The minimum atomic E-state index is -0.363. The average Bonchev–Trinajstić information content (AvgIpc) is 2.74. The molecule has 18 heavy (non-hydrogen) atoms. The van der Waals surface area contributed by atoms with Crippen molar-refractivity contribution in [3.8, 4) is 5.69 Å². The van der Waals surface area contributed by atoms with Crippen molar-refractivity contribution < 1.29 is 4.79 Å². The number of nitrogens with two attached hydrogens (primary N) is 1. The van der Waals surface area contributed by atoms with Gasteiger partial charge < -0.3 is 0 Å². The smallest absolute Gasteiger partial charge is 0.268 e. The van der Waals surface area contributed by atoms with Crippen molar-refractivity contribution in [2.24, 2.45) is 5.84 Å². The fourth-order valence-electron chi connectivity index (χ4n) is 1.78. The number of nitrogen functional groups attached to an aromatic ring is 1. The number of hydrogen-bond acceptors (Lipinski definition) is 3. The molecule has 0 bridgehead atoms. The van der Waals surface area contributed by atoms with E-state index < -0.39 is 0 Å². The summed E-state index contributed by atoms with van der Waals surface area (Å²) < 4.78 is 1.67. The van der Waals surface area contributed by atoms with Crippen LogP contribution in [0.4, 0.5) is 0 Å². The number of carbonyl (C=O) groups is 1. The zero-order valence-electron chi connectivity index (χ0n) is 10.1. The lowest BCUT2D eigenvalue weighted by atomic mass is 10.2. The fourth-order valence-corrected chi connectivity index (χ4v) is 1.95. The standard InChI is InChI=1S/C12H13ClN4O/c1-7-10(13)4-3-5-11(7)17-8(2)9(6-15-17)12(18)16-14/h3-6H,14H2,1-2H3,(H,16,18). The molecule has 0 saturated carbocycles. The van der Waals surface area contributed by atoms with Gasteiger partial charge in [-0.05, 0) is 31.5 Å². The van der Waals surface area contributed by atoms with Gasteiger partial charge >= 0.3 is 0 Å². The summed E-state index contributed by atoms with van der Waals surface area (Å²) in [6, 6.07) is 5.55. The van der Waals surface area contributed by atoms with Gasteiger partial charge in [0.05, 0.1) is 23.1 Å². The molecule has 0 fully saturated rings. The molecular weight excluding hydrogens is 252 g/mol. The van der Waals surface area contributed by atoms with Crippen molar-refractivity contribution in [2.75, 3.05) is 0 Å². The summed E-state index contributed by atoms with van der Waals surface area (Å²) in [7, 11) is 0. The highest BCUT2D eigenvalue weighted by Gasteiger charge is 2.15. The van der Waals surface area contributed by atoms with Crippen LogP contribution in [-0.4, -0.2) is 15.7 Å². The molecule has 0 aliphatic carbocycles. The Morgan fingerprint density at radius 2 is 2.17 bits per heavy atom. The first kappa shape index (κ1) is 12.6. The van der Waals surface area contributed by atoms with Crippen molar-refractivity contribution in [1.29, 1.82) is 0 Å². The van der Waals surface area contributed by atoms with Gasteiger partial charge in [-0.2, -0.15) is 5.10 Å². The average molecular weight is 265 g/mol. The SMILES string of the molecule is Cc1c(Cl)cccc1-n1ncc(C(=O)NN)c1C. The summed E-state index contributed by atoms with van der Waals surface area (Å²) in [6.45, 7) is 3.71. The van der Waals surface area contributed by atoms with Gasteiger partial charge in [0.15, 0.2) is 0 Å². The summed E-state index contributed by atoms with van der Waals surface area (Å²) >= 11 is 6.07. The monoisotopic (exact) mass is 264 g/mol. The van der Waals surface area contributed by atoms with E-state index >= 15 is 0 Å². The molecule has 0 radical (unpaired) electrons. The highest BCUT2D eigenvalue weighted by Crippen LogP contribution is 2.23. The highest BCUT2D eigenvalue weighted by molar-refractivity contribution is 6.31. The Balaban J connectivity index is 2.56. The van der Waals surface area contributed by atoms with Gasteiger partial charge in [-0.1, -0.05) is 17.7 Å². The number of amides is 1. The molecule has 2 aromatic rings. The van der Waals surface area contributed by atoms with Gasteiger partial charge in [0, 0.05) is 5.02 Å². The maximum absolute atomic E-state index is 11.5. The van der Waals surface area contributed by atoms with Gasteiger partial charge in [0.25, 0.3) is 5.91 Å². The second-order valence-corrected chi connectivity index (χ2v) is 4.32. The molecule has 2 rings (SSSR count). The Bertz CT molecular complexity index is 606. The normalized spacial score (nSPS) is 10.4. The molecule has 1 aromatic carbocycles. The largest absolute Gasteiger partial charge is 0.290 e. The van der Waals surface area contributed by atoms with Crippen LogP contribution in [0.3, 0.4) is 0 Å². The highest BCUT2D eigenvalue weighted by atomic mass is 35.5. The number of aromatic nitrogens is 2. The third-order valence-electron chi connectivity index (χ3n) is 2.85. The van der Waals surface area contributed by atoms with Crippen molar-refractivity contribution in [1.82, 2.24) is 15.2 Å².